The molecule has 2 heteroatoms. The molecule has 0 fully saturated rings. The number of hydrogen-bond donors (Lipinski definition) is 0. The van der Waals surface area contributed by atoms with Crippen molar-refractivity contribution in [3.8, 4) is 5.75 Å². The maximum absolute atomic E-state index is 5.94. The first-order chi connectivity index (χ1) is 17.2. The van der Waals surface area contributed by atoms with E-state index in [4.69, 9.17) is 17.0 Å². The van der Waals surface area contributed by atoms with E-state index < -0.39 is 0 Å². The predicted molar refractivity (Wildman–Crippen MR) is 159 cm³/mol. The van der Waals surface area contributed by atoms with Gasteiger partial charge in [0.1, 0.15) is 5.75 Å². The van der Waals surface area contributed by atoms with E-state index in [0.29, 0.717) is 0 Å². The van der Waals surface area contributed by atoms with Gasteiger partial charge in [-0.3, -0.25) is 0 Å². The fraction of sp³-hybridized carbons (Fsp3) is 0.545. The van der Waals surface area contributed by atoms with Gasteiger partial charge >= 0.3 is 0 Å². The number of allylic oxidation sites excluding steroid dienone is 1. The van der Waals surface area contributed by atoms with Gasteiger partial charge < -0.3 is 4.74 Å². The van der Waals surface area contributed by atoms with Crippen molar-refractivity contribution < 1.29 is 4.74 Å². The third-order valence-corrected chi connectivity index (χ3v) is 6.97. The number of unbranched alkanes of at least 4 members (excludes halogenated alkanes) is 12. The SMILES string of the molecule is CCCCCCCCCCCCCCCOc1ccc(C=CC(=S)c2ccc(CCC)cc2)cc1. The number of rotatable bonds is 20. The molecule has 192 valence electrons. The average molecular weight is 493 g/mol. The lowest BCUT2D eigenvalue weighted by atomic mass is 10.0. The molecule has 0 bridgehead atoms. The van der Waals surface area contributed by atoms with Gasteiger partial charge in [0.05, 0.1) is 6.61 Å². The molecule has 0 amide bonds. The third kappa shape index (κ3) is 13.7. The van der Waals surface area contributed by atoms with Gasteiger partial charge in [-0.05, 0) is 47.7 Å². The van der Waals surface area contributed by atoms with Gasteiger partial charge in [-0.15, -0.1) is 0 Å². The highest BCUT2D eigenvalue weighted by atomic mass is 32.1. The lowest BCUT2D eigenvalue weighted by Gasteiger charge is -2.07. The van der Waals surface area contributed by atoms with Crippen LogP contribution in [-0.4, -0.2) is 11.5 Å². The molecule has 1 nitrogen and oxygen atoms in total. The monoisotopic (exact) mass is 492 g/mol. The molecule has 0 saturated carbocycles. The van der Waals surface area contributed by atoms with Crippen molar-refractivity contribution >= 4 is 23.2 Å². The molecule has 0 spiro atoms. The molecule has 0 aromatic heterocycles. The Labute approximate surface area is 221 Å². The fourth-order valence-corrected chi connectivity index (χ4v) is 4.58. The summed E-state index contributed by atoms with van der Waals surface area (Å²) in [6, 6.07) is 16.9. The second-order valence-electron chi connectivity index (χ2n) is 9.80. The Morgan fingerprint density at radius 1 is 0.657 bits per heavy atom. The maximum atomic E-state index is 5.94. The second kappa shape index (κ2) is 19.3. The number of hydrogen-bond acceptors (Lipinski definition) is 2. The van der Waals surface area contributed by atoms with Crippen molar-refractivity contribution in [1.82, 2.24) is 0 Å². The van der Waals surface area contributed by atoms with Gasteiger partial charge in [0, 0.05) is 4.86 Å². The zero-order valence-electron chi connectivity index (χ0n) is 22.4. The molecule has 0 N–H and O–H groups in total. The summed E-state index contributed by atoms with van der Waals surface area (Å²) in [5, 5.41) is 0. The highest BCUT2D eigenvalue weighted by molar-refractivity contribution is 7.81. The van der Waals surface area contributed by atoms with Crippen LogP contribution >= 0.6 is 12.2 Å². The lowest BCUT2D eigenvalue weighted by molar-refractivity contribution is 0.304. The molecule has 0 aliphatic heterocycles. The molecule has 35 heavy (non-hydrogen) atoms. The summed E-state index contributed by atoms with van der Waals surface area (Å²) >= 11 is 5.59. The molecule has 0 unspecified atom stereocenters. The van der Waals surface area contributed by atoms with Crippen LogP contribution in [0.4, 0.5) is 0 Å². The molecule has 0 heterocycles. The standard InChI is InChI=1S/C33H48OS/c1-3-5-6-7-8-9-10-11-12-13-14-15-16-28-34-32-25-20-30(21-26-32)22-27-33(35)31-23-18-29(17-4-2)19-24-31/h18-27H,3-17,28H2,1-2H3. The van der Waals surface area contributed by atoms with Crippen molar-refractivity contribution in [2.45, 2.75) is 110 Å². The van der Waals surface area contributed by atoms with Crippen LogP contribution in [0, 0.1) is 0 Å². The highest BCUT2D eigenvalue weighted by Crippen LogP contribution is 2.16. The Kier molecular flexibility index (Phi) is 16.1. The van der Waals surface area contributed by atoms with Gasteiger partial charge in [0.25, 0.3) is 0 Å². The molecule has 0 saturated heterocycles. The Morgan fingerprint density at radius 3 is 1.74 bits per heavy atom. The first-order valence-electron chi connectivity index (χ1n) is 14.3. The van der Waals surface area contributed by atoms with Crippen molar-refractivity contribution in [1.29, 1.82) is 0 Å². The quantitative estimate of drug-likeness (QED) is 0.0786. The minimum Gasteiger partial charge on any atom is -0.494 e. The molecular weight excluding hydrogens is 444 g/mol. The first-order valence-corrected chi connectivity index (χ1v) is 14.7. The van der Waals surface area contributed by atoms with Crippen LogP contribution in [0.5, 0.6) is 5.75 Å². The van der Waals surface area contributed by atoms with E-state index in [1.54, 1.807) is 0 Å². The van der Waals surface area contributed by atoms with Crippen LogP contribution in [0.2, 0.25) is 0 Å². The number of benzene rings is 2. The van der Waals surface area contributed by atoms with Gasteiger partial charge in [0.2, 0.25) is 0 Å². The Hall–Kier alpha value is -1.93. The summed E-state index contributed by atoms with van der Waals surface area (Å²) in [5.74, 6) is 0.954. The number of aryl methyl sites for hydroxylation is 1. The smallest absolute Gasteiger partial charge is 0.119 e. The van der Waals surface area contributed by atoms with E-state index >= 15 is 0 Å². The van der Waals surface area contributed by atoms with Gasteiger partial charge in [-0.1, -0.05) is 152 Å². The van der Waals surface area contributed by atoms with E-state index in [0.717, 1.165) is 41.2 Å². The minimum absolute atomic E-state index is 0.811. The van der Waals surface area contributed by atoms with Crippen molar-refractivity contribution in [3.05, 3.63) is 71.3 Å². The van der Waals surface area contributed by atoms with Crippen LogP contribution in [0.3, 0.4) is 0 Å². The summed E-state index contributed by atoms with van der Waals surface area (Å²) in [6.07, 6.45) is 24.3. The molecular formula is C33H48OS. The topological polar surface area (TPSA) is 9.23 Å². The third-order valence-electron chi connectivity index (χ3n) is 6.60. The molecule has 0 atom stereocenters. The number of thiocarbonyl (C=S) groups is 1. The van der Waals surface area contributed by atoms with Crippen molar-refractivity contribution in [2.24, 2.45) is 0 Å². The molecule has 0 aliphatic rings. The fourth-order valence-electron chi connectivity index (χ4n) is 4.38. The van der Waals surface area contributed by atoms with E-state index in [1.807, 2.05) is 6.08 Å². The molecule has 0 aliphatic carbocycles. The average Bonchev–Trinajstić information content (AvgIpc) is 2.89. The summed E-state index contributed by atoms with van der Waals surface area (Å²) in [6.45, 7) is 5.30. The van der Waals surface area contributed by atoms with Crippen LogP contribution in [0.15, 0.2) is 54.6 Å². The largest absolute Gasteiger partial charge is 0.494 e. The van der Waals surface area contributed by atoms with Crippen LogP contribution in [-0.2, 0) is 6.42 Å². The summed E-state index contributed by atoms with van der Waals surface area (Å²) in [4.78, 5) is 0.871. The zero-order chi connectivity index (χ0) is 25.0. The predicted octanol–water partition coefficient (Wildman–Crippen LogP) is 10.5. The van der Waals surface area contributed by atoms with E-state index in [9.17, 15) is 0 Å². The Morgan fingerprint density at radius 2 is 1.20 bits per heavy atom. The summed E-state index contributed by atoms with van der Waals surface area (Å²) in [7, 11) is 0. The molecule has 0 radical (unpaired) electrons. The lowest BCUT2D eigenvalue weighted by Crippen LogP contribution is -1.97. The van der Waals surface area contributed by atoms with Crippen LogP contribution in [0.1, 0.15) is 120 Å². The zero-order valence-corrected chi connectivity index (χ0v) is 23.2. The Bertz CT molecular complexity index is 819. The van der Waals surface area contributed by atoms with Crippen molar-refractivity contribution in [2.75, 3.05) is 6.61 Å². The highest BCUT2D eigenvalue weighted by Gasteiger charge is 1.99. The van der Waals surface area contributed by atoms with E-state index in [-0.39, 0.29) is 0 Å². The maximum Gasteiger partial charge on any atom is 0.119 e. The Balaban J connectivity index is 1.52. The molecule has 2 rings (SSSR count). The van der Waals surface area contributed by atoms with E-state index in [1.165, 1.54) is 89.0 Å². The number of ether oxygens (including phenoxy) is 1. The molecule has 2 aromatic carbocycles. The first kappa shape index (κ1) is 29.3. The van der Waals surface area contributed by atoms with Crippen LogP contribution in [0.25, 0.3) is 6.08 Å². The minimum atomic E-state index is 0.811. The summed E-state index contributed by atoms with van der Waals surface area (Å²) in [5.41, 5.74) is 3.62. The van der Waals surface area contributed by atoms with Gasteiger partial charge in [0.15, 0.2) is 0 Å². The van der Waals surface area contributed by atoms with Crippen LogP contribution < -0.4 is 4.74 Å². The second-order valence-corrected chi connectivity index (χ2v) is 10.2. The normalized spacial score (nSPS) is 11.3. The van der Waals surface area contributed by atoms with Gasteiger partial charge in [-0.2, -0.15) is 0 Å². The van der Waals surface area contributed by atoms with Crippen molar-refractivity contribution in [3.63, 3.8) is 0 Å². The van der Waals surface area contributed by atoms with E-state index in [2.05, 4.69) is 68.5 Å². The summed E-state index contributed by atoms with van der Waals surface area (Å²) < 4.78 is 5.94. The molecule has 2 aromatic rings. The van der Waals surface area contributed by atoms with Gasteiger partial charge in [-0.25, -0.2) is 0 Å².